The molecule has 2 saturated carbocycles. The van der Waals surface area contributed by atoms with Gasteiger partial charge in [-0.2, -0.15) is 0 Å². The van der Waals surface area contributed by atoms with Crippen LogP contribution in [-0.4, -0.2) is 48.8 Å². The van der Waals surface area contributed by atoms with Gasteiger partial charge in [-0.1, -0.05) is 95.0 Å². The summed E-state index contributed by atoms with van der Waals surface area (Å²) in [6.07, 6.45) is 15.3. The zero-order valence-corrected chi connectivity index (χ0v) is 32.1. The number of methoxy groups -OCH3 is 1. The zero-order valence-electron chi connectivity index (χ0n) is 32.1. The highest BCUT2D eigenvalue weighted by Crippen LogP contribution is 2.61. The largest absolute Gasteiger partial charge is 0.466 e. The van der Waals surface area contributed by atoms with E-state index in [0.29, 0.717) is 24.0 Å². The van der Waals surface area contributed by atoms with Crippen molar-refractivity contribution in [3.05, 3.63) is 95.2 Å². The van der Waals surface area contributed by atoms with Gasteiger partial charge in [-0.05, 0) is 81.3 Å². The summed E-state index contributed by atoms with van der Waals surface area (Å²) >= 11 is 0. The molecule has 8 nitrogen and oxygen atoms in total. The number of carbonyl (C=O) groups is 5. The summed E-state index contributed by atoms with van der Waals surface area (Å²) in [4.78, 5) is 61.3. The fraction of sp³-hybridized carbons (Fsp3) is 0.512. The molecule has 8 heteroatoms. The Morgan fingerprint density at radius 1 is 0.725 bits per heavy atom. The fourth-order valence-corrected chi connectivity index (χ4v) is 7.25. The zero-order chi connectivity index (χ0) is 38.4. The van der Waals surface area contributed by atoms with Gasteiger partial charge in [0.2, 0.25) is 0 Å². The number of esters is 3. The lowest BCUT2D eigenvalue weighted by atomic mass is 10.1. The first-order valence-electron chi connectivity index (χ1n) is 17.7. The van der Waals surface area contributed by atoms with Crippen LogP contribution < -0.4 is 0 Å². The minimum Gasteiger partial charge on any atom is -0.466 e. The van der Waals surface area contributed by atoms with Crippen LogP contribution in [0.4, 0.5) is 0 Å². The molecule has 0 unspecified atom stereocenters. The van der Waals surface area contributed by atoms with Gasteiger partial charge in [-0.3, -0.25) is 19.2 Å². The molecule has 0 aromatic carbocycles. The van der Waals surface area contributed by atoms with Crippen molar-refractivity contribution in [1.82, 2.24) is 0 Å². The summed E-state index contributed by atoms with van der Waals surface area (Å²) in [5, 5.41) is 0. The third-order valence-corrected chi connectivity index (χ3v) is 10.8. The Balaban J connectivity index is 0.000000277. The minimum absolute atomic E-state index is 0.0204. The SMILES string of the molecule is C=C/C=C/CC1=C(C)[C@@H](OC(=O)[C@@H]2[C@@H](/C=C(\C)C(=O)OC)C2(C)C)CC1=O.C=C/C=C\CC1=C(C)[C@@H](OC(=O)[C@@H]2[C@@H](C=C(C)C)C2(C)C)CC1=O. The summed E-state index contributed by atoms with van der Waals surface area (Å²) in [6, 6.07) is 0. The van der Waals surface area contributed by atoms with Crippen molar-refractivity contribution in [2.75, 3.05) is 7.11 Å². The van der Waals surface area contributed by atoms with E-state index in [4.69, 9.17) is 14.2 Å². The molecule has 0 saturated heterocycles. The van der Waals surface area contributed by atoms with E-state index in [9.17, 15) is 24.0 Å². The summed E-state index contributed by atoms with van der Waals surface area (Å²) in [7, 11) is 1.33. The van der Waals surface area contributed by atoms with Gasteiger partial charge < -0.3 is 14.2 Å². The fourth-order valence-electron chi connectivity index (χ4n) is 7.25. The smallest absolute Gasteiger partial charge is 0.333 e. The van der Waals surface area contributed by atoms with Crippen LogP contribution in [0.3, 0.4) is 0 Å². The molecule has 2 fully saturated rings. The van der Waals surface area contributed by atoms with Crippen LogP contribution in [0, 0.1) is 34.5 Å². The normalized spacial score (nSPS) is 27.6. The molecule has 0 heterocycles. The van der Waals surface area contributed by atoms with Gasteiger partial charge in [0, 0.05) is 16.7 Å². The standard InChI is InChI=1S/C22H28O5.C21H28O3/c1-7-8-9-10-15-14(3)18(12-17(15)23)27-21(25)19-16(22(19,4)5)11-13(2)20(24)26-6;1-7-8-9-10-15-14(4)18(12-17(15)22)24-20(23)19-16(11-13(2)3)21(19,5)6/h7-9,11,16,18-19H,1,10,12H2,2-6H3;7-9,11,16,18-19H,1,10,12H2,2-6H3/b9-8+,13-11+;9-8-/t2*16-,18+,19+/m11/s1. The number of rotatable bonds is 13. The minimum atomic E-state index is -0.500. The number of hydrogen-bond acceptors (Lipinski definition) is 8. The molecule has 0 aromatic heterocycles. The first-order valence-corrected chi connectivity index (χ1v) is 17.7. The van der Waals surface area contributed by atoms with E-state index in [1.807, 2.05) is 59.8 Å². The highest BCUT2D eigenvalue weighted by molar-refractivity contribution is 6.01. The number of carbonyl (C=O) groups excluding carboxylic acids is 5. The van der Waals surface area contributed by atoms with Crippen molar-refractivity contribution >= 4 is 29.5 Å². The van der Waals surface area contributed by atoms with E-state index in [-0.39, 0.29) is 70.8 Å². The molecular weight excluding hydrogens is 644 g/mol. The van der Waals surface area contributed by atoms with Crippen molar-refractivity contribution in [1.29, 1.82) is 0 Å². The van der Waals surface area contributed by atoms with Crippen LogP contribution in [0.5, 0.6) is 0 Å². The first kappa shape index (κ1) is 41.1. The molecule has 0 amide bonds. The Morgan fingerprint density at radius 3 is 1.47 bits per heavy atom. The number of hydrogen-bond donors (Lipinski definition) is 0. The van der Waals surface area contributed by atoms with Crippen LogP contribution >= 0.6 is 0 Å². The van der Waals surface area contributed by atoms with E-state index < -0.39 is 18.2 Å². The average Bonchev–Trinajstić information content (AvgIpc) is 3.70. The van der Waals surface area contributed by atoms with Crippen LogP contribution in [0.2, 0.25) is 0 Å². The van der Waals surface area contributed by atoms with Gasteiger partial charge >= 0.3 is 17.9 Å². The van der Waals surface area contributed by atoms with E-state index >= 15 is 0 Å². The molecule has 0 aromatic rings. The molecular formula is C43H56O8. The van der Waals surface area contributed by atoms with E-state index in [0.717, 1.165) is 16.7 Å². The van der Waals surface area contributed by atoms with Gasteiger partial charge in [0.25, 0.3) is 0 Å². The van der Waals surface area contributed by atoms with Crippen LogP contribution in [0.1, 0.15) is 88.0 Å². The summed E-state index contributed by atoms with van der Waals surface area (Å²) in [5.41, 5.74) is 4.52. The predicted molar refractivity (Wildman–Crippen MR) is 199 cm³/mol. The third kappa shape index (κ3) is 9.52. The molecule has 4 aliphatic carbocycles. The Bertz CT molecular complexity index is 1630. The molecule has 4 aliphatic rings. The quantitative estimate of drug-likeness (QED) is 0.0621. The van der Waals surface area contributed by atoms with Gasteiger partial charge in [0.15, 0.2) is 11.6 Å². The topological polar surface area (TPSA) is 113 Å². The summed E-state index contributed by atoms with van der Waals surface area (Å²) in [5.74, 6) is -1.10. The second-order valence-corrected chi connectivity index (χ2v) is 15.4. The Kier molecular flexibility index (Phi) is 13.5. The molecule has 6 atom stereocenters. The number of ketones is 2. The van der Waals surface area contributed by atoms with Crippen molar-refractivity contribution in [3.63, 3.8) is 0 Å². The van der Waals surface area contributed by atoms with Gasteiger partial charge in [-0.15, -0.1) is 0 Å². The van der Waals surface area contributed by atoms with E-state index in [2.05, 4.69) is 33.1 Å². The first-order chi connectivity index (χ1) is 23.8. The van der Waals surface area contributed by atoms with E-state index in [1.165, 1.54) is 12.7 Å². The Morgan fingerprint density at radius 2 is 1.12 bits per heavy atom. The van der Waals surface area contributed by atoms with Crippen molar-refractivity contribution < 1.29 is 38.2 Å². The van der Waals surface area contributed by atoms with Gasteiger partial charge in [0.1, 0.15) is 12.2 Å². The van der Waals surface area contributed by atoms with Gasteiger partial charge in [0.05, 0.1) is 31.8 Å². The van der Waals surface area contributed by atoms with Crippen LogP contribution in [0.25, 0.3) is 0 Å². The van der Waals surface area contributed by atoms with Crippen molar-refractivity contribution in [3.8, 4) is 0 Å². The molecule has 276 valence electrons. The molecule has 0 radical (unpaired) electrons. The molecule has 0 aliphatic heterocycles. The van der Waals surface area contributed by atoms with Crippen molar-refractivity contribution in [2.45, 2.75) is 100 Å². The van der Waals surface area contributed by atoms with Crippen LogP contribution in [-0.2, 0) is 38.2 Å². The van der Waals surface area contributed by atoms with Crippen LogP contribution in [0.15, 0.2) is 95.2 Å². The lowest BCUT2D eigenvalue weighted by molar-refractivity contribution is -0.151. The highest BCUT2D eigenvalue weighted by atomic mass is 16.6. The van der Waals surface area contributed by atoms with Gasteiger partial charge in [-0.25, -0.2) is 4.79 Å². The summed E-state index contributed by atoms with van der Waals surface area (Å²) < 4.78 is 16.1. The maximum atomic E-state index is 12.7. The molecule has 0 bridgehead atoms. The maximum Gasteiger partial charge on any atom is 0.333 e. The number of ether oxygens (including phenoxy) is 3. The van der Waals surface area contributed by atoms with Crippen molar-refractivity contribution in [2.24, 2.45) is 34.5 Å². The Labute approximate surface area is 304 Å². The highest BCUT2D eigenvalue weighted by Gasteiger charge is 2.63. The maximum absolute atomic E-state index is 12.7. The second kappa shape index (κ2) is 16.8. The number of allylic oxidation sites excluding steroid dienone is 11. The molecule has 0 spiro atoms. The average molecular weight is 701 g/mol. The molecule has 4 rings (SSSR count). The lowest BCUT2D eigenvalue weighted by Gasteiger charge is -2.13. The van der Waals surface area contributed by atoms with E-state index in [1.54, 1.807) is 31.2 Å². The second-order valence-electron chi connectivity index (χ2n) is 15.4. The Hall–Kier alpha value is -4.33. The molecule has 0 N–H and O–H groups in total. The number of Topliss-reactive ketones (excluding diaryl/α,β-unsaturated/α-hetero) is 2. The lowest BCUT2D eigenvalue weighted by Crippen LogP contribution is -2.20. The monoisotopic (exact) mass is 700 g/mol. The molecule has 51 heavy (non-hydrogen) atoms. The third-order valence-electron chi connectivity index (χ3n) is 10.8. The predicted octanol–water partition coefficient (Wildman–Crippen LogP) is 8.27. The summed E-state index contributed by atoms with van der Waals surface area (Å²) in [6.45, 7) is 24.9.